The summed E-state index contributed by atoms with van der Waals surface area (Å²) >= 11 is 0. The monoisotopic (exact) mass is 704 g/mol. The van der Waals surface area contributed by atoms with Gasteiger partial charge >= 0.3 is 0 Å². The van der Waals surface area contributed by atoms with Crippen molar-refractivity contribution in [2.24, 2.45) is 0 Å². The second-order valence-corrected chi connectivity index (χ2v) is 15.3. The van der Waals surface area contributed by atoms with E-state index < -0.39 is 0 Å². The predicted molar refractivity (Wildman–Crippen MR) is 231 cm³/mol. The first-order chi connectivity index (χ1) is 27.2. The number of rotatable bonds is 6. The lowest BCUT2D eigenvalue weighted by Crippen LogP contribution is -2.21. The van der Waals surface area contributed by atoms with Crippen LogP contribution in [-0.4, -0.2) is 4.57 Å². The SMILES string of the molecule is c1ccc(-c2ccc(-c3ccc(N(c4ccc5c(c4)C4(CCCC4)c4ccccc4-5)c4ccc5c6ccccc6n(-c6ccccc6)c5c4)cc3)cc2)cc1. The minimum Gasteiger partial charge on any atom is -0.310 e. The van der Waals surface area contributed by atoms with Crippen LogP contribution in [0.3, 0.4) is 0 Å². The molecule has 1 spiro atoms. The number of benzene rings is 8. The summed E-state index contributed by atoms with van der Waals surface area (Å²) < 4.78 is 2.42. The molecule has 55 heavy (non-hydrogen) atoms. The molecule has 0 bridgehead atoms. The van der Waals surface area contributed by atoms with E-state index in [1.54, 1.807) is 0 Å². The maximum Gasteiger partial charge on any atom is 0.0561 e. The summed E-state index contributed by atoms with van der Waals surface area (Å²) in [6.45, 7) is 0. The van der Waals surface area contributed by atoms with E-state index in [1.807, 2.05) is 0 Å². The van der Waals surface area contributed by atoms with Gasteiger partial charge in [0, 0.05) is 38.9 Å². The first-order valence-electron chi connectivity index (χ1n) is 19.6. The number of fused-ring (bicyclic) bond motifs is 8. The summed E-state index contributed by atoms with van der Waals surface area (Å²) in [7, 11) is 0. The quantitative estimate of drug-likeness (QED) is 0.167. The van der Waals surface area contributed by atoms with Gasteiger partial charge in [-0.1, -0.05) is 152 Å². The molecule has 2 aliphatic carbocycles. The van der Waals surface area contributed by atoms with Crippen LogP contribution in [0, 0.1) is 0 Å². The van der Waals surface area contributed by atoms with Crippen LogP contribution >= 0.6 is 0 Å². The van der Waals surface area contributed by atoms with Gasteiger partial charge < -0.3 is 9.47 Å². The average Bonchev–Trinajstić information content (AvgIpc) is 3.96. The standard InChI is InChI=1S/C53H40N2/c1-3-13-37(14-4-1)38-21-23-39(24-22-38)40-25-27-42(28-26-40)54(43-29-31-46-45-17-7-9-19-49(45)53(50(46)35-43)33-11-12-34-53)44-30-32-48-47-18-8-10-20-51(47)55(52(48)36-44)41-15-5-2-6-16-41/h1-10,13-32,35-36H,11-12,33-34H2. The largest absolute Gasteiger partial charge is 0.310 e. The van der Waals surface area contributed by atoms with Gasteiger partial charge in [0.15, 0.2) is 0 Å². The fourth-order valence-electron chi connectivity index (χ4n) is 9.79. The highest BCUT2D eigenvalue weighted by Crippen LogP contribution is 2.58. The maximum absolute atomic E-state index is 2.52. The van der Waals surface area contributed by atoms with E-state index in [-0.39, 0.29) is 5.41 Å². The normalized spacial score (nSPS) is 14.0. The first kappa shape index (κ1) is 31.8. The lowest BCUT2D eigenvalue weighted by molar-refractivity contribution is 0.550. The van der Waals surface area contributed by atoms with Crippen LogP contribution in [0.25, 0.3) is 60.9 Å². The van der Waals surface area contributed by atoms with Crippen LogP contribution in [0.15, 0.2) is 194 Å². The zero-order valence-electron chi connectivity index (χ0n) is 30.7. The molecule has 0 N–H and O–H groups in total. The van der Waals surface area contributed by atoms with E-state index in [1.165, 1.54) is 103 Å². The Morgan fingerprint density at radius 2 is 0.909 bits per heavy atom. The summed E-state index contributed by atoms with van der Waals surface area (Å²) in [5.74, 6) is 0. The van der Waals surface area contributed by atoms with Crippen molar-refractivity contribution < 1.29 is 0 Å². The highest BCUT2D eigenvalue weighted by atomic mass is 15.1. The average molecular weight is 705 g/mol. The Bertz CT molecular complexity index is 2840. The van der Waals surface area contributed by atoms with E-state index in [9.17, 15) is 0 Å². The van der Waals surface area contributed by atoms with Crippen LogP contribution in [-0.2, 0) is 5.41 Å². The van der Waals surface area contributed by atoms with Gasteiger partial charge in [-0.25, -0.2) is 0 Å². The Hall–Kier alpha value is -6.64. The molecule has 0 radical (unpaired) electrons. The number of anilines is 3. The van der Waals surface area contributed by atoms with Crippen LogP contribution in [0.5, 0.6) is 0 Å². The van der Waals surface area contributed by atoms with Crippen molar-refractivity contribution in [3.8, 4) is 39.1 Å². The molecule has 1 heterocycles. The molecule has 0 aliphatic heterocycles. The summed E-state index contributed by atoms with van der Waals surface area (Å²) in [5, 5.41) is 2.52. The summed E-state index contributed by atoms with van der Waals surface area (Å²) in [5.41, 5.74) is 17.8. The Morgan fingerprint density at radius 1 is 0.382 bits per heavy atom. The highest BCUT2D eigenvalue weighted by Gasteiger charge is 2.45. The molecule has 9 aromatic rings. The first-order valence-corrected chi connectivity index (χ1v) is 19.6. The lowest BCUT2D eigenvalue weighted by atomic mass is 9.76. The Kier molecular flexibility index (Phi) is 7.38. The van der Waals surface area contributed by atoms with E-state index in [4.69, 9.17) is 0 Å². The van der Waals surface area contributed by atoms with Gasteiger partial charge in [0.25, 0.3) is 0 Å². The van der Waals surface area contributed by atoms with Crippen molar-refractivity contribution in [1.29, 1.82) is 0 Å². The number of para-hydroxylation sites is 2. The van der Waals surface area contributed by atoms with Gasteiger partial charge in [0.1, 0.15) is 0 Å². The van der Waals surface area contributed by atoms with Crippen molar-refractivity contribution in [3.05, 3.63) is 205 Å². The predicted octanol–water partition coefficient (Wildman–Crippen LogP) is 14.4. The summed E-state index contributed by atoms with van der Waals surface area (Å²) in [6.07, 6.45) is 4.97. The smallest absolute Gasteiger partial charge is 0.0561 e. The van der Waals surface area contributed by atoms with Gasteiger partial charge in [-0.15, -0.1) is 0 Å². The van der Waals surface area contributed by atoms with Crippen LogP contribution in [0.2, 0.25) is 0 Å². The molecule has 0 amide bonds. The Morgan fingerprint density at radius 3 is 1.65 bits per heavy atom. The minimum absolute atomic E-state index is 0.0903. The number of hydrogen-bond donors (Lipinski definition) is 0. The molecule has 262 valence electrons. The van der Waals surface area contributed by atoms with Crippen LogP contribution in [0.1, 0.15) is 36.8 Å². The maximum atomic E-state index is 2.52. The zero-order valence-corrected chi connectivity index (χ0v) is 30.7. The number of nitrogens with zero attached hydrogens (tertiary/aromatic N) is 2. The third-order valence-electron chi connectivity index (χ3n) is 12.3. The lowest BCUT2D eigenvalue weighted by Gasteiger charge is -2.30. The molecular formula is C53H40N2. The second kappa shape index (κ2) is 12.7. The summed E-state index contributed by atoms with van der Waals surface area (Å²) in [6, 6.07) is 71.7. The van der Waals surface area contributed by atoms with Gasteiger partial charge in [-0.2, -0.15) is 0 Å². The molecule has 8 aromatic carbocycles. The van der Waals surface area contributed by atoms with E-state index in [0.717, 1.165) is 11.4 Å². The fourth-order valence-corrected chi connectivity index (χ4v) is 9.79. The molecule has 2 nitrogen and oxygen atoms in total. The second-order valence-electron chi connectivity index (χ2n) is 15.3. The van der Waals surface area contributed by atoms with Crippen molar-refractivity contribution in [3.63, 3.8) is 0 Å². The van der Waals surface area contributed by atoms with Gasteiger partial charge in [0.2, 0.25) is 0 Å². The van der Waals surface area contributed by atoms with Crippen molar-refractivity contribution in [2.75, 3.05) is 4.90 Å². The third-order valence-corrected chi connectivity index (χ3v) is 12.3. The molecule has 0 atom stereocenters. The van der Waals surface area contributed by atoms with E-state index in [0.29, 0.717) is 0 Å². The fraction of sp³-hybridized carbons (Fsp3) is 0.0943. The third kappa shape index (κ3) is 5.09. The molecule has 0 unspecified atom stereocenters. The molecule has 2 heteroatoms. The van der Waals surface area contributed by atoms with Crippen molar-refractivity contribution in [2.45, 2.75) is 31.1 Å². The van der Waals surface area contributed by atoms with Gasteiger partial charge in [-0.3, -0.25) is 0 Å². The molecule has 1 aromatic heterocycles. The van der Waals surface area contributed by atoms with Crippen LogP contribution < -0.4 is 4.90 Å². The summed E-state index contributed by atoms with van der Waals surface area (Å²) in [4.78, 5) is 2.47. The van der Waals surface area contributed by atoms with Gasteiger partial charge in [-0.05, 0) is 112 Å². The highest BCUT2D eigenvalue weighted by molar-refractivity contribution is 6.10. The Balaban J connectivity index is 1.07. The van der Waals surface area contributed by atoms with E-state index >= 15 is 0 Å². The molecule has 1 saturated carbocycles. The molecule has 0 saturated heterocycles. The zero-order chi connectivity index (χ0) is 36.3. The van der Waals surface area contributed by atoms with Crippen molar-refractivity contribution in [1.82, 2.24) is 4.57 Å². The number of hydrogen-bond acceptors (Lipinski definition) is 1. The molecule has 1 fully saturated rings. The van der Waals surface area contributed by atoms with Gasteiger partial charge in [0.05, 0.1) is 11.0 Å². The molecule has 11 rings (SSSR count). The van der Waals surface area contributed by atoms with Crippen molar-refractivity contribution >= 4 is 38.9 Å². The Labute approximate surface area is 322 Å². The molecule has 2 aliphatic rings. The number of aromatic nitrogens is 1. The van der Waals surface area contributed by atoms with Crippen LogP contribution in [0.4, 0.5) is 17.1 Å². The topological polar surface area (TPSA) is 8.17 Å². The van der Waals surface area contributed by atoms with E-state index in [2.05, 4.69) is 204 Å². The minimum atomic E-state index is 0.0903. The molecular weight excluding hydrogens is 665 g/mol.